The molecule has 1 aliphatic carbocycles. The van der Waals surface area contributed by atoms with Gasteiger partial charge in [-0.1, -0.05) is 0 Å². The van der Waals surface area contributed by atoms with Gasteiger partial charge in [0, 0.05) is 30.5 Å². The van der Waals surface area contributed by atoms with E-state index in [0.717, 1.165) is 12.8 Å². The third kappa shape index (κ3) is 3.05. The van der Waals surface area contributed by atoms with E-state index in [0.29, 0.717) is 18.2 Å². The van der Waals surface area contributed by atoms with Crippen LogP contribution in [0.3, 0.4) is 0 Å². The molecule has 2 rings (SSSR count). The quantitative estimate of drug-likeness (QED) is 0.618. The minimum absolute atomic E-state index is 0.161. The lowest BCUT2D eigenvalue weighted by Crippen LogP contribution is -2.29. The SMILES string of the molecule is Nc1nsc(NCCNC(=O)C2CC2)n1. The Bertz CT molecular complexity index is 349. The molecule has 7 heteroatoms. The first-order chi connectivity index (χ1) is 7.25. The molecule has 6 nitrogen and oxygen atoms in total. The number of carbonyl (C=O) groups is 1. The van der Waals surface area contributed by atoms with Gasteiger partial charge in [0.1, 0.15) is 0 Å². The van der Waals surface area contributed by atoms with Crippen LogP contribution in [0, 0.1) is 5.92 Å². The number of aromatic nitrogens is 2. The number of nitrogen functional groups attached to an aromatic ring is 1. The van der Waals surface area contributed by atoms with Crippen LogP contribution in [0.2, 0.25) is 0 Å². The van der Waals surface area contributed by atoms with Crippen molar-refractivity contribution in [1.29, 1.82) is 0 Å². The highest BCUT2D eigenvalue weighted by Gasteiger charge is 2.28. The lowest BCUT2D eigenvalue weighted by Gasteiger charge is -2.03. The molecule has 15 heavy (non-hydrogen) atoms. The Morgan fingerprint density at radius 3 is 2.93 bits per heavy atom. The maximum absolute atomic E-state index is 11.2. The smallest absolute Gasteiger partial charge is 0.233 e. The Hall–Kier alpha value is -1.37. The molecular formula is C8H13N5OS. The first kappa shape index (κ1) is 10.2. The molecule has 4 N–H and O–H groups in total. The molecule has 0 radical (unpaired) electrons. The molecule has 1 fully saturated rings. The summed E-state index contributed by atoms with van der Waals surface area (Å²) in [5, 5.41) is 6.56. The zero-order chi connectivity index (χ0) is 10.7. The number of hydrogen-bond acceptors (Lipinski definition) is 6. The van der Waals surface area contributed by atoms with Crippen LogP contribution in [0.15, 0.2) is 0 Å². The fourth-order valence-electron chi connectivity index (χ4n) is 1.15. The van der Waals surface area contributed by atoms with Gasteiger partial charge in [0.25, 0.3) is 0 Å². The molecule has 0 spiro atoms. The van der Waals surface area contributed by atoms with Crippen LogP contribution >= 0.6 is 11.5 Å². The number of hydrogen-bond donors (Lipinski definition) is 3. The van der Waals surface area contributed by atoms with E-state index in [9.17, 15) is 4.79 Å². The lowest BCUT2D eigenvalue weighted by molar-refractivity contribution is -0.122. The van der Waals surface area contributed by atoms with E-state index in [1.54, 1.807) is 0 Å². The Morgan fingerprint density at radius 1 is 1.53 bits per heavy atom. The number of rotatable bonds is 5. The summed E-state index contributed by atoms with van der Waals surface area (Å²) in [5.74, 6) is 0.709. The van der Waals surface area contributed by atoms with Gasteiger partial charge in [0.15, 0.2) is 0 Å². The van der Waals surface area contributed by atoms with Gasteiger partial charge in [-0.25, -0.2) is 0 Å². The predicted molar refractivity (Wildman–Crippen MR) is 58.5 cm³/mol. The number of nitrogens with one attached hydrogen (secondary N) is 2. The van der Waals surface area contributed by atoms with Crippen LogP contribution in [0.25, 0.3) is 0 Å². The van der Waals surface area contributed by atoms with Crippen LogP contribution in [-0.4, -0.2) is 28.4 Å². The molecule has 1 aliphatic rings. The maximum atomic E-state index is 11.2. The summed E-state index contributed by atoms with van der Waals surface area (Å²) in [7, 11) is 0. The largest absolute Gasteiger partial charge is 0.367 e. The molecule has 0 aliphatic heterocycles. The number of carbonyl (C=O) groups excluding carboxylic acids is 1. The minimum atomic E-state index is 0.161. The second-order valence-corrected chi connectivity index (χ2v) is 4.20. The Morgan fingerprint density at radius 2 is 2.33 bits per heavy atom. The summed E-state index contributed by atoms with van der Waals surface area (Å²) >= 11 is 1.22. The predicted octanol–water partition coefficient (Wildman–Crippen LogP) is 0.0584. The van der Waals surface area contributed by atoms with Crippen molar-refractivity contribution >= 4 is 28.5 Å². The zero-order valence-corrected chi connectivity index (χ0v) is 9.01. The number of amides is 1. The van der Waals surface area contributed by atoms with Crippen LogP contribution in [0.5, 0.6) is 0 Å². The molecule has 1 saturated carbocycles. The Kier molecular flexibility index (Phi) is 3.00. The average Bonchev–Trinajstić information content (AvgIpc) is 2.98. The third-order valence-corrected chi connectivity index (χ3v) is 2.78. The van der Waals surface area contributed by atoms with Crippen LogP contribution in [0.1, 0.15) is 12.8 Å². The minimum Gasteiger partial charge on any atom is -0.367 e. The first-order valence-electron chi connectivity index (χ1n) is 4.86. The lowest BCUT2D eigenvalue weighted by atomic mass is 10.4. The molecule has 0 atom stereocenters. The van der Waals surface area contributed by atoms with Crippen molar-refractivity contribution in [1.82, 2.24) is 14.7 Å². The van der Waals surface area contributed by atoms with E-state index in [1.165, 1.54) is 11.5 Å². The van der Waals surface area contributed by atoms with E-state index < -0.39 is 0 Å². The maximum Gasteiger partial charge on any atom is 0.233 e. The van der Waals surface area contributed by atoms with Crippen molar-refractivity contribution in [3.8, 4) is 0 Å². The first-order valence-corrected chi connectivity index (χ1v) is 5.64. The van der Waals surface area contributed by atoms with Crippen molar-refractivity contribution in [3.05, 3.63) is 0 Å². The summed E-state index contributed by atoms with van der Waals surface area (Å²) in [6.45, 7) is 1.25. The van der Waals surface area contributed by atoms with Crippen molar-refractivity contribution in [2.75, 3.05) is 24.1 Å². The molecule has 0 aromatic carbocycles. The summed E-state index contributed by atoms with van der Waals surface area (Å²) in [4.78, 5) is 15.2. The summed E-state index contributed by atoms with van der Waals surface area (Å²) in [6.07, 6.45) is 2.07. The monoisotopic (exact) mass is 227 g/mol. The summed E-state index contributed by atoms with van der Waals surface area (Å²) in [6, 6.07) is 0. The average molecular weight is 227 g/mol. The molecule has 1 aromatic rings. The van der Waals surface area contributed by atoms with Crippen LogP contribution in [-0.2, 0) is 4.79 Å². The zero-order valence-electron chi connectivity index (χ0n) is 8.19. The van der Waals surface area contributed by atoms with Gasteiger partial charge in [0.2, 0.25) is 17.0 Å². The highest BCUT2D eigenvalue weighted by atomic mass is 32.1. The molecule has 1 heterocycles. The van der Waals surface area contributed by atoms with Crippen molar-refractivity contribution in [2.24, 2.45) is 5.92 Å². The molecule has 82 valence electrons. The van der Waals surface area contributed by atoms with Crippen LogP contribution < -0.4 is 16.4 Å². The second-order valence-electron chi connectivity index (χ2n) is 3.45. The van der Waals surface area contributed by atoms with E-state index in [-0.39, 0.29) is 17.8 Å². The van der Waals surface area contributed by atoms with Gasteiger partial charge < -0.3 is 16.4 Å². The van der Waals surface area contributed by atoms with Crippen molar-refractivity contribution < 1.29 is 4.79 Å². The van der Waals surface area contributed by atoms with E-state index in [1.807, 2.05) is 0 Å². The Balaban J connectivity index is 1.60. The van der Waals surface area contributed by atoms with Gasteiger partial charge in [0.05, 0.1) is 0 Å². The van der Waals surface area contributed by atoms with Gasteiger partial charge in [-0.2, -0.15) is 9.36 Å². The summed E-state index contributed by atoms with van der Waals surface area (Å²) < 4.78 is 3.83. The molecule has 0 bridgehead atoms. The van der Waals surface area contributed by atoms with E-state index >= 15 is 0 Å². The fourth-order valence-corrected chi connectivity index (χ4v) is 1.67. The molecular weight excluding hydrogens is 214 g/mol. The van der Waals surface area contributed by atoms with Gasteiger partial charge in [-0.3, -0.25) is 4.79 Å². The second kappa shape index (κ2) is 4.43. The topological polar surface area (TPSA) is 92.9 Å². The molecule has 0 unspecified atom stereocenters. The molecule has 0 saturated heterocycles. The molecule has 1 aromatic heterocycles. The van der Waals surface area contributed by atoms with E-state index in [4.69, 9.17) is 5.73 Å². The van der Waals surface area contributed by atoms with Gasteiger partial charge >= 0.3 is 0 Å². The fraction of sp³-hybridized carbons (Fsp3) is 0.625. The molecule has 1 amide bonds. The van der Waals surface area contributed by atoms with Crippen molar-refractivity contribution in [3.63, 3.8) is 0 Å². The van der Waals surface area contributed by atoms with Crippen LogP contribution in [0.4, 0.5) is 11.1 Å². The number of anilines is 2. The summed E-state index contributed by atoms with van der Waals surface area (Å²) in [5.41, 5.74) is 5.36. The van der Waals surface area contributed by atoms with Gasteiger partial charge in [-0.15, -0.1) is 0 Å². The van der Waals surface area contributed by atoms with E-state index in [2.05, 4.69) is 20.0 Å². The number of nitrogens with two attached hydrogens (primary N) is 1. The Labute approximate surface area is 91.4 Å². The highest BCUT2D eigenvalue weighted by molar-refractivity contribution is 7.09. The highest BCUT2D eigenvalue weighted by Crippen LogP contribution is 2.28. The van der Waals surface area contributed by atoms with Gasteiger partial charge in [-0.05, 0) is 12.8 Å². The normalized spacial score (nSPS) is 14.9. The standard InChI is InChI=1S/C8H13N5OS/c9-7-12-8(15-13-7)11-4-3-10-6(14)5-1-2-5/h5H,1-4H2,(H,10,14)(H3,9,11,12,13). The number of nitrogens with zero attached hydrogens (tertiary/aromatic N) is 2. The third-order valence-electron chi connectivity index (χ3n) is 2.09. The van der Waals surface area contributed by atoms with Crippen molar-refractivity contribution in [2.45, 2.75) is 12.8 Å².